The van der Waals surface area contributed by atoms with Crippen molar-refractivity contribution in [3.8, 4) is 6.07 Å². The first-order chi connectivity index (χ1) is 13.2. The van der Waals surface area contributed by atoms with E-state index < -0.39 is 5.72 Å². The second-order valence-electron chi connectivity index (χ2n) is 7.62. The lowest BCUT2D eigenvalue weighted by Crippen LogP contribution is -2.47. The first-order valence-electron chi connectivity index (χ1n) is 9.46. The van der Waals surface area contributed by atoms with E-state index in [1.54, 1.807) is 0 Å². The minimum absolute atomic E-state index is 0.0557. The van der Waals surface area contributed by atoms with Crippen LogP contribution in [0.25, 0.3) is 0 Å². The number of carbonyl (C=O) groups excluding carboxylic acids is 1. The van der Waals surface area contributed by atoms with Crippen LogP contribution in [0.4, 0.5) is 0 Å². The molecule has 136 valence electrons. The SMILES string of the molecule is N#Cc1cccc(CN2CC[C@@]34O[C@@H](c5ccccc5)CN3C(=O)C[C@@H]24)c1. The third-order valence-corrected chi connectivity index (χ3v) is 6.15. The second-order valence-corrected chi connectivity index (χ2v) is 7.62. The van der Waals surface area contributed by atoms with Crippen LogP contribution in [0.5, 0.6) is 0 Å². The minimum atomic E-state index is -0.496. The maximum atomic E-state index is 12.7. The monoisotopic (exact) mass is 359 g/mol. The molecule has 3 saturated heterocycles. The summed E-state index contributed by atoms with van der Waals surface area (Å²) in [6.45, 7) is 2.27. The van der Waals surface area contributed by atoms with Crippen LogP contribution in [-0.2, 0) is 16.1 Å². The fourth-order valence-electron chi connectivity index (χ4n) is 4.91. The lowest BCUT2D eigenvalue weighted by molar-refractivity contribution is -0.138. The molecule has 1 amide bonds. The van der Waals surface area contributed by atoms with Crippen LogP contribution in [0, 0.1) is 11.3 Å². The third kappa shape index (κ3) is 2.56. The molecule has 0 saturated carbocycles. The third-order valence-electron chi connectivity index (χ3n) is 6.15. The highest BCUT2D eigenvalue weighted by atomic mass is 16.5. The van der Waals surface area contributed by atoms with Crippen LogP contribution in [0.3, 0.4) is 0 Å². The van der Waals surface area contributed by atoms with Crippen LogP contribution < -0.4 is 0 Å². The molecule has 0 aliphatic carbocycles. The summed E-state index contributed by atoms with van der Waals surface area (Å²) in [5.74, 6) is 0.189. The van der Waals surface area contributed by atoms with E-state index in [1.165, 1.54) is 0 Å². The topological polar surface area (TPSA) is 56.6 Å². The molecule has 5 rings (SSSR count). The first kappa shape index (κ1) is 16.5. The van der Waals surface area contributed by atoms with Gasteiger partial charge in [-0.15, -0.1) is 0 Å². The van der Waals surface area contributed by atoms with Crippen molar-refractivity contribution >= 4 is 5.91 Å². The summed E-state index contributed by atoms with van der Waals surface area (Å²) >= 11 is 0. The summed E-state index contributed by atoms with van der Waals surface area (Å²) in [4.78, 5) is 17.0. The molecule has 5 heteroatoms. The van der Waals surface area contributed by atoms with Gasteiger partial charge in [-0.2, -0.15) is 5.26 Å². The van der Waals surface area contributed by atoms with Gasteiger partial charge < -0.3 is 9.64 Å². The Kier molecular flexibility index (Phi) is 3.78. The lowest BCUT2D eigenvalue weighted by atomic mass is 10.1. The smallest absolute Gasteiger partial charge is 0.226 e. The van der Waals surface area contributed by atoms with E-state index in [1.807, 2.05) is 47.4 Å². The van der Waals surface area contributed by atoms with Gasteiger partial charge >= 0.3 is 0 Å². The van der Waals surface area contributed by atoms with Crippen molar-refractivity contribution < 1.29 is 9.53 Å². The standard InChI is InChI=1S/C22H21N3O2/c23-13-16-5-4-6-17(11-16)14-24-10-9-22-20(24)12-21(26)25(22)15-19(27-22)18-7-2-1-3-8-18/h1-8,11,19-20H,9-10,12,14-15H2/t19-,20-,22+/m1/s1. The van der Waals surface area contributed by atoms with Crippen molar-refractivity contribution in [1.82, 2.24) is 9.80 Å². The summed E-state index contributed by atoms with van der Waals surface area (Å²) in [7, 11) is 0. The molecule has 0 radical (unpaired) electrons. The number of carbonyl (C=O) groups is 1. The molecule has 3 fully saturated rings. The zero-order chi connectivity index (χ0) is 18.4. The molecule has 3 heterocycles. The van der Waals surface area contributed by atoms with Gasteiger partial charge in [0.05, 0.1) is 24.2 Å². The average Bonchev–Trinajstić information content (AvgIpc) is 3.32. The normalized spacial score (nSPS) is 29.6. The fourth-order valence-corrected chi connectivity index (χ4v) is 4.91. The van der Waals surface area contributed by atoms with Gasteiger partial charge in [0.25, 0.3) is 0 Å². The van der Waals surface area contributed by atoms with Gasteiger partial charge in [-0.25, -0.2) is 0 Å². The van der Waals surface area contributed by atoms with Crippen LogP contribution in [0.2, 0.25) is 0 Å². The van der Waals surface area contributed by atoms with Crippen molar-refractivity contribution in [1.29, 1.82) is 5.26 Å². The van der Waals surface area contributed by atoms with Crippen molar-refractivity contribution in [2.24, 2.45) is 0 Å². The molecular formula is C22H21N3O2. The number of hydrogen-bond donors (Lipinski definition) is 0. The Labute approximate surface area is 158 Å². The summed E-state index contributed by atoms with van der Waals surface area (Å²) in [5, 5.41) is 9.13. The van der Waals surface area contributed by atoms with E-state index in [2.05, 4.69) is 23.1 Å². The maximum Gasteiger partial charge on any atom is 0.226 e. The van der Waals surface area contributed by atoms with Gasteiger partial charge in [-0.3, -0.25) is 9.69 Å². The summed E-state index contributed by atoms with van der Waals surface area (Å²) < 4.78 is 6.58. The molecule has 1 spiro atoms. The number of benzene rings is 2. The largest absolute Gasteiger partial charge is 0.344 e. The average molecular weight is 359 g/mol. The van der Waals surface area contributed by atoms with Crippen LogP contribution in [0.1, 0.15) is 35.6 Å². The number of rotatable bonds is 3. The van der Waals surface area contributed by atoms with Crippen LogP contribution >= 0.6 is 0 Å². The van der Waals surface area contributed by atoms with Gasteiger partial charge in [0.2, 0.25) is 5.91 Å². The first-order valence-corrected chi connectivity index (χ1v) is 9.46. The highest BCUT2D eigenvalue weighted by molar-refractivity contribution is 5.81. The van der Waals surface area contributed by atoms with E-state index >= 15 is 0 Å². The van der Waals surface area contributed by atoms with E-state index in [4.69, 9.17) is 10.00 Å². The summed E-state index contributed by atoms with van der Waals surface area (Å²) in [6, 6.07) is 20.2. The number of ether oxygens (including phenoxy) is 1. The fraction of sp³-hybridized carbons (Fsp3) is 0.364. The van der Waals surface area contributed by atoms with E-state index in [0.717, 1.165) is 30.6 Å². The molecule has 2 aromatic carbocycles. The van der Waals surface area contributed by atoms with E-state index in [-0.39, 0.29) is 18.1 Å². The quantitative estimate of drug-likeness (QED) is 0.846. The van der Waals surface area contributed by atoms with E-state index in [9.17, 15) is 4.79 Å². The Morgan fingerprint density at radius 3 is 2.85 bits per heavy atom. The van der Waals surface area contributed by atoms with Gasteiger partial charge in [0.15, 0.2) is 5.72 Å². The number of likely N-dealkylation sites (tertiary alicyclic amines) is 1. The van der Waals surface area contributed by atoms with Gasteiger partial charge in [-0.05, 0) is 23.3 Å². The molecule has 5 nitrogen and oxygen atoms in total. The predicted molar refractivity (Wildman–Crippen MR) is 99.3 cm³/mol. The molecule has 0 bridgehead atoms. The van der Waals surface area contributed by atoms with Crippen molar-refractivity contribution in [3.63, 3.8) is 0 Å². The summed E-state index contributed by atoms with van der Waals surface area (Å²) in [5.41, 5.74) is 2.42. The maximum absolute atomic E-state index is 12.7. The molecule has 0 N–H and O–H groups in total. The van der Waals surface area contributed by atoms with Crippen molar-refractivity contribution in [3.05, 3.63) is 71.3 Å². The van der Waals surface area contributed by atoms with Crippen LogP contribution in [0.15, 0.2) is 54.6 Å². The van der Waals surface area contributed by atoms with E-state index in [0.29, 0.717) is 18.5 Å². The Morgan fingerprint density at radius 1 is 1.19 bits per heavy atom. The molecule has 2 aromatic rings. The zero-order valence-corrected chi connectivity index (χ0v) is 15.0. The molecule has 3 aliphatic heterocycles. The molecule has 0 unspecified atom stereocenters. The molecule has 3 aliphatic rings. The molecule has 3 atom stereocenters. The van der Waals surface area contributed by atoms with Crippen LogP contribution in [-0.4, -0.2) is 40.6 Å². The number of hydrogen-bond acceptors (Lipinski definition) is 4. The highest BCUT2D eigenvalue weighted by Crippen LogP contribution is 2.50. The highest BCUT2D eigenvalue weighted by Gasteiger charge is 2.63. The van der Waals surface area contributed by atoms with Gasteiger partial charge in [0, 0.05) is 25.9 Å². The Bertz CT molecular complexity index is 923. The van der Waals surface area contributed by atoms with Crippen molar-refractivity contribution in [2.75, 3.05) is 13.1 Å². The van der Waals surface area contributed by atoms with Gasteiger partial charge in [0.1, 0.15) is 6.10 Å². The predicted octanol–water partition coefficient (Wildman–Crippen LogP) is 2.83. The lowest BCUT2D eigenvalue weighted by Gasteiger charge is -2.32. The Balaban J connectivity index is 1.40. The van der Waals surface area contributed by atoms with Crippen molar-refractivity contribution in [2.45, 2.75) is 37.3 Å². The molecule has 0 aromatic heterocycles. The molecular weight excluding hydrogens is 338 g/mol. The number of amides is 1. The Hall–Kier alpha value is -2.68. The minimum Gasteiger partial charge on any atom is -0.344 e. The second kappa shape index (κ2) is 6.19. The summed E-state index contributed by atoms with van der Waals surface area (Å²) in [6.07, 6.45) is 1.30. The number of nitrogens with zero attached hydrogens (tertiary/aromatic N) is 3. The Morgan fingerprint density at radius 2 is 2.04 bits per heavy atom. The zero-order valence-electron chi connectivity index (χ0n) is 15.0. The van der Waals surface area contributed by atoms with Gasteiger partial charge in [-0.1, -0.05) is 42.5 Å². The molecule has 27 heavy (non-hydrogen) atoms. The number of nitriles is 1.